The van der Waals surface area contributed by atoms with E-state index < -0.39 is 0 Å². The highest BCUT2D eigenvalue weighted by molar-refractivity contribution is 5.86. The Kier molecular flexibility index (Phi) is 6.18. The van der Waals surface area contributed by atoms with Gasteiger partial charge in [-0.2, -0.15) is 0 Å². The number of hydrogen-bond donors (Lipinski definition) is 1. The average Bonchev–Trinajstić information content (AvgIpc) is 2.52. The van der Waals surface area contributed by atoms with Crippen molar-refractivity contribution in [1.82, 2.24) is 5.32 Å². The van der Waals surface area contributed by atoms with Gasteiger partial charge in [0.05, 0.1) is 6.04 Å². The normalized spacial score (nSPS) is 13.0. The largest absolute Gasteiger partial charge is 0.351 e. The quantitative estimate of drug-likeness (QED) is 0.747. The van der Waals surface area contributed by atoms with Crippen molar-refractivity contribution in [2.75, 3.05) is 19.8 Å². The van der Waals surface area contributed by atoms with Crippen LogP contribution in [0.2, 0.25) is 0 Å². The standard InChI is InChI=1S/C18H25NO2/c1-4-19-17(18(20-5-2)21-6-3)16-13-9-11-14-10-7-8-12-15(14)16/h7-13,17-19H,4-6H2,1-3H3. The van der Waals surface area contributed by atoms with E-state index in [9.17, 15) is 0 Å². The van der Waals surface area contributed by atoms with E-state index in [1.807, 2.05) is 13.8 Å². The smallest absolute Gasteiger partial charge is 0.176 e. The van der Waals surface area contributed by atoms with Gasteiger partial charge in [-0.1, -0.05) is 49.4 Å². The van der Waals surface area contributed by atoms with Gasteiger partial charge in [0.2, 0.25) is 0 Å². The van der Waals surface area contributed by atoms with Crippen molar-refractivity contribution in [1.29, 1.82) is 0 Å². The third kappa shape index (κ3) is 3.82. The average molecular weight is 287 g/mol. The van der Waals surface area contributed by atoms with Crippen LogP contribution in [-0.2, 0) is 9.47 Å². The molecule has 114 valence electrons. The van der Waals surface area contributed by atoms with Crippen LogP contribution in [0.4, 0.5) is 0 Å². The summed E-state index contributed by atoms with van der Waals surface area (Å²) >= 11 is 0. The van der Waals surface area contributed by atoms with Gasteiger partial charge >= 0.3 is 0 Å². The van der Waals surface area contributed by atoms with Gasteiger partial charge in [-0.15, -0.1) is 0 Å². The fraction of sp³-hybridized carbons (Fsp3) is 0.444. The van der Waals surface area contributed by atoms with E-state index >= 15 is 0 Å². The van der Waals surface area contributed by atoms with Gasteiger partial charge in [-0.3, -0.25) is 0 Å². The second-order valence-corrected chi connectivity index (χ2v) is 4.88. The monoisotopic (exact) mass is 287 g/mol. The second kappa shape index (κ2) is 8.13. The Hall–Kier alpha value is -1.42. The van der Waals surface area contributed by atoms with Gasteiger partial charge in [0, 0.05) is 13.2 Å². The van der Waals surface area contributed by atoms with E-state index in [2.05, 4.69) is 54.7 Å². The Morgan fingerprint density at radius 3 is 2.24 bits per heavy atom. The molecule has 0 heterocycles. The molecule has 3 nitrogen and oxygen atoms in total. The van der Waals surface area contributed by atoms with Gasteiger partial charge in [0.15, 0.2) is 6.29 Å². The lowest BCUT2D eigenvalue weighted by Gasteiger charge is -2.28. The summed E-state index contributed by atoms with van der Waals surface area (Å²) in [6.07, 6.45) is -0.272. The Bertz CT molecular complexity index is 544. The molecule has 0 aromatic heterocycles. The van der Waals surface area contributed by atoms with Crippen molar-refractivity contribution in [3.8, 4) is 0 Å². The van der Waals surface area contributed by atoms with E-state index in [1.54, 1.807) is 0 Å². The van der Waals surface area contributed by atoms with Gasteiger partial charge < -0.3 is 14.8 Å². The van der Waals surface area contributed by atoms with Crippen LogP contribution < -0.4 is 5.32 Å². The van der Waals surface area contributed by atoms with Crippen molar-refractivity contribution in [3.63, 3.8) is 0 Å². The molecule has 0 aliphatic heterocycles. The SMILES string of the molecule is CCNC(c1cccc2ccccc12)C(OCC)OCC. The predicted molar refractivity (Wildman–Crippen MR) is 87.4 cm³/mol. The molecule has 0 bridgehead atoms. The maximum absolute atomic E-state index is 5.82. The van der Waals surface area contributed by atoms with Crippen molar-refractivity contribution in [2.45, 2.75) is 33.1 Å². The van der Waals surface area contributed by atoms with Crippen LogP contribution in [-0.4, -0.2) is 26.0 Å². The molecule has 0 aliphatic rings. The third-order valence-electron chi connectivity index (χ3n) is 3.52. The summed E-state index contributed by atoms with van der Waals surface area (Å²) in [5.74, 6) is 0. The number of nitrogens with one attached hydrogen (secondary N) is 1. The van der Waals surface area contributed by atoms with Gasteiger partial charge in [-0.05, 0) is 36.7 Å². The lowest BCUT2D eigenvalue weighted by atomic mass is 9.98. The molecule has 1 atom stereocenters. The summed E-state index contributed by atoms with van der Waals surface area (Å²) in [5, 5.41) is 6.00. The Balaban J connectivity index is 2.43. The van der Waals surface area contributed by atoms with E-state index in [0.717, 1.165) is 6.54 Å². The summed E-state index contributed by atoms with van der Waals surface area (Å²) in [5.41, 5.74) is 1.22. The molecule has 1 N–H and O–H groups in total. The molecule has 0 fully saturated rings. The van der Waals surface area contributed by atoms with E-state index in [-0.39, 0.29) is 12.3 Å². The summed E-state index contributed by atoms with van der Waals surface area (Å²) in [4.78, 5) is 0. The topological polar surface area (TPSA) is 30.5 Å². The van der Waals surface area contributed by atoms with Crippen molar-refractivity contribution in [3.05, 3.63) is 48.0 Å². The first kappa shape index (κ1) is 16.0. The molecule has 0 spiro atoms. The minimum Gasteiger partial charge on any atom is -0.351 e. The lowest BCUT2D eigenvalue weighted by molar-refractivity contribution is -0.154. The molecule has 0 saturated heterocycles. The maximum Gasteiger partial charge on any atom is 0.176 e. The maximum atomic E-state index is 5.82. The minimum atomic E-state index is -0.272. The van der Waals surface area contributed by atoms with Crippen LogP contribution in [0.15, 0.2) is 42.5 Å². The first-order chi connectivity index (χ1) is 10.3. The summed E-state index contributed by atoms with van der Waals surface area (Å²) in [6.45, 7) is 8.24. The number of hydrogen-bond acceptors (Lipinski definition) is 3. The van der Waals surface area contributed by atoms with Crippen LogP contribution >= 0.6 is 0 Å². The zero-order chi connectivity index (χ0) is 15.1. The molecule has 2 aromatic carbocycles. The zero-order valence-corrected chi connectivity index (χ0v) is 13.1. The first-order valence-electron chi connectivity index (χ1n) is 7.76. The first-order valence-corrected chi connectivity index (χ1v) is 7.76. The molecule has 3 heteroatoms. The van der Waals surface area contributed by atoms with Crippen molar-refractivity contribution in [2.24, 2.45) is 0 Å². The Morgan fingerprint density at radius 1 is 0.905 bits per heavy atom. The summed E-state index contributed by atoms with van der Waals surface area (Å²) in [6, 6.07) is 14.8. The van der Waals surface area contributed by atoms with E-state index in [1.165, 1.54) is 16.3 Å². The second-order valence-electron chi connectivity index (χ2n) is 4.88. The Labute approximate surface area is 127 Å². The van der Waals surface area contributed by atoms with Gasteiger partial charge in [0.1, 0.15) is 0 Å². The van der Waals surface area contributed by atoms with Crippen LogP contribution in [0.5, 0.6) is 0 Å². The summed E-state index contributed by atoms with van der Waals surface area (Å²) in [7, 11) is 0. The molecule has 2 rings (SSSR count). The summed E-state index contributed by atoms with van der Waals surface area (Å²) < 4.78 is 11.6. The fourth-order valence-electron chi connectivity index (χ4n) is 2.66. The number of likely N-dealkylation sites (N-methyl/N-ethyl adjacent to an activating group) is 1. The highest BCUT2D eigenvalue weighted by atomic mass is 16.7. The van der Waals surface area contributed by atoms with Crippen LogP contribution in [0, 0.1) is 0 Å². The molecule has 0 aliphatic carbocycles. The van der Waals surface area contributed by atoms with Gasteiger partial charge in [-0.25, -0.2) is 0 Å². The molecule has 0 saturated carbocycles. The molecular formula is C18H25NO2. The van der Waals surface area contributed by atoms with Crippen LogP contribution in [0.1, 0.15) is 32.4 Å². The highest BCUT2D eigenvalue weighted by Gasteiger charge is 2.24. The van der Waals surface area contributed by atoms with E-state index in [0.29, 0.717) is 13.2 Å². The molecular weight excluding hydrogens is 262 g/mol. The van der Waals surface area contributed by atoms with Crippen molar-refractivity contribution < 1.29 is 9.47 Å². The van der Waals surface area contributed by atoms with Gasteiger partial charge in [0.25, 0.3) is 0 Å². The lowest BCUT2D eigenvalue weighted by Crippen LogP contribution is -2.36. The molecule has 21 heavy (non-hydrogen) atoms. The highest BCUT2D eigenvalue weighted by Crippen LogP contribution is 2.28. The molecule has 1 unspecified atom stereocenters. The number of fused-ring (bicyclic) bond motifs is 1. The third-order valence-corrected chi connectivity index (χ3v) is 3.52. The number of ether oxygens (including phenoxy) is 2. The molecule has 2 aromatic rings. The van der Waals surface area contributed by atoms with Crippen molar-refractivity contribution >= 4 is 10.8 Å². The Morgan fingerprint density at radius 2 is 1.57 bits per heavy atom. The van der Waals surface area contributed by atoms with Crippen LogP contribution in [0.3, 0.4) is 0 Å². The fourth-order valence-corrected chi connectivity index (χ4v) is 2.66. The number of rotatable bonds is 8. The zero-order valence-electron chi connectivity index (χ0n) is 13.1. The number of benzene rings is 2. The van der Waals surface area contributed by atoms with E-state index in [4.69, 9.17) is 9.47 Å². The molecule has 0 amide bonds. The predicted octanol–water partition coefficient (Wildman–Crippen LogP) is 3.89. The molecule has 0 radical (unpaired) electrons. The minimum absolute atomic E-state index is 0.0287. The van der Waals surface area contributed by atoms with Crippen LogP contribution in [0.25, 0.3) is 10.8 Å².